The minimum Gasteiger partial charge on any atom is -0.0610 e. The molecule has 0 aromatic heterocycles. The third-order valence-electron chi connectivity index (χ3n) is 4.39. The molecule has 0 N–H and O–H groups in total. The summed E-state index contributed by atoms with van der Waals surface area (Å²) in [6.45, 7) is 0. The van der Waals surface area contributed by atoms with Gasteiger partial charge in [0.2, 0.25) is 0 Å². The predicted octanol–water partition coefficient (Wildman–Crippen LogP) is 5.73. The fourth-order valence-electron chi connectivity index (χ4n) is 3.58. The summed E-state index contributed by atoms with van der Waals surface area (Å²) in [5.74, 6) is 0. The molecular weight excluding hydrogens is 347 g/mol. The van der Waals surface area contributed by atoms with Gasteiger partial charge >= 0.3 is 0 Å². The van der Waals surface area contributed by atoms with Crippen molar-refractivity contribution >= 4 is 43.1 Å². The van der Waals surface area contributed by atoms with E-state index in [1.807, 2.05) is 0 Å². The van der Waals surface area contributed by atoms with E-state index in [1.54, 1.807) is 0 Å². The van der Waals surface area contributed by atoms with Crippen LogP contribution in [-0.2, 0) is 20.4 Å². The van der Waals surface area contributed by atoms with Crippen molar-refractivity contribution in [3.63, 3.8) is 0 Å². The fourth-order valence-corrected chi connectivity index (χ4v) is 3.58. The average Bonchev–Trinajstić information content (AvgIpc) is 2.52. The Labute approximate surface area is 136 Å². The van der Waals surface area contributed by atoms with E-state index in [2.05, 4.69) is 72.8 Å². The van der Waals surface area contributed by atoms with Gasteiger partial charge in [-0.2, -0.15) is 0 Å². The quantitative estimate of drug-likeness (QED) is 0.188. The van der Waals surface area contributed by atoms with Crippen molar-refractivity contribution in [2.45, 2.75) is 0 Å². The maximum Gasteiger partial charge on any atom is 0 e. The van der Waals surface area contributed by atoms with Crippen molar-refractivity contribution in [2.75, 3.05) is 0 Å². The van der Waals surface area contributed by atoms with Gasteiger partial charge in [0.15, 0.2) is 0 Å². The molecule has 0 saturated carbocycles. The third kappa shape index (κ3) is 1.59. The first kappa shape index (κ1) is 12.8. The molecule has 0 spiro atoms. The van der Waals surface area contributed by atoms with Gasteiger partial charge in [-0.05, 0) is 43.1 Å². The van der Waals surface area contributed by atoms with Crippen LogP contribution in [0.4, 0.5) is 0 Å². The van der Waals surface area contributed by atoms with Crippen LogP contribution in [0.5, 0.6) is 0 Å². The molecule has 0 heterocycles. The Morgan fingerprint density at radius 2 is 0.667 bits per heavy atom. The third-order valence-corrected chi connectivity index (χ3v) is 4.39. The van der Waals surface area contributed by atoms with Gasteiger partial charge in [-0.15, -0.1) is 0 Å². The molecule has 102 valence electrons. The topological polar surface area (TPSA) is 0 Å². The number of hydrogen-bond acceptors (Lipinski definition) is 0. The molecule has 0 aliphatic carbocycles. The molecule has 0 unspecified atom stereocenters. The van der Waals surface area contributed by atoms with E-state index in [0.29, 0.717) is 0 Å². The van der Waals surface area contributed by atoms with Crippen molar-refractivity contribution in [3.8, 4) is 0 Å². The van der Waals surface area contributed by atoms with Crippen LogP contribution in [-0.4, -0.2) is 0 Å². The number of hydrogen-bond donors (Lipinski definition) is 0. The first-order valence-corrected chi connectivity index (χ1v) is 6.98. The monoisotopic (exact) mass is 358 g/mol. The van der Waals surface area contributed by atoms with Gasteiger partial charge in [0.25, 0.3) is 0 Å². The molecule has 0 bridgehead atoms. The first-order valence-electron chi connectivity index (χ1n) is 6.98. The molecule has 5 aromatic carbocycles. The van der Waals surface area contributed by atoms with Crippen LogP contribution in [0.15, 0.2) is 72.8 Å². The van der Waals surface area contributed by atoms with Crippen LogP contribution in [0.1, 0.15) is 0 Å². The van der Waals surface area contributed by atoms with E-state index >= 15 is 0 Å². The second-order valence-electron chi connectivity index (χ2n) is 5.42. The molecule has 0 aliphatic heterocycles. The smallest absolute Gasteiger partial charge is 0 e. The van der Waals surface area contributed by atoms with Gasteiger partial charge in [-0.1, -0.05) is 72.8 Å². The molecule has 0 aliphatic rings. The summed E-state index contributed by atoms with van der Waals surface area (Å²) >= 11 is 0. The van der Waals surface area contributed by atoms with Gasteiger partial charge in [0.05, 0.1) is 0 Å². The zero-order valence-corrected chi connectivity index (χ0v) is 12.8. The Bertz CT molecular complexity index is 923. The molecule has 0 radical (unpaired) electrons. The molecule has 1 heteroatoms. The molecule has 0 nitrogen and oxygen atoms in total. The normalized spacial score (nSPS) is 11.4. The fraction of sp³-hybridized carbons (Fsp3) is 0. The van der Waals surface area contributed by atoms with Crippen LogP contribution in [0.25, 0.3) is 43.1 Å². The van der Waals surface area contributed by atoms with Crippen LogP contribution < -0.4 is 0 Å². The van der Waals surface area contributed by atoms with Crippen LogP contribution in [0, 0.1) is 0 Å². The summed E-state index contributed by atoms with van der Waals surface area (Å²) in [5, 5.41) is 10.9. The Hall–Kier alpha value is -1.94. The Balaban J connectivity index is 0.00000115. The van der Waals surface area contributed by atoms with Crippen molar-refractivity contribution in [2.24, 2.45) is 0 Å². The summed E-state index contributed by atoms with van der Waals surface area (Å²) in [5.41, 5.74) is 0. The standard InChI is InChI=1S/C20H12.Pd/c1-5-13-6-2-11-17-18-12-4-8-14-7-3-10-16(20(14)18)15(9-1)19(13)17;/h1-12H;. The molecule has 5 rings (SSSR count). The van der Waals surface area contributed by atoms with Crippen LogP contribution >= 0.6 is 0 Å². The maximum atomic E-state index is 2.25. The summed E-state index contributed by atoms with van der Waals surface area (Å²) in [4.78, 5) is 0. The molecule has 21 heavy (non-hydrogen) atoms. The largest absolute Gasteiger partial charge is 0.0610 e. The van der Waals surface area contributed by atoms with Gasteiger partial charge in [-0.3, -0.25) is 0 Å². The molecule has 5 aromatic rings. The van der Waals surface area contributed by atoms with Gasteiger partial charge in [-0.25, -0.2) is 0 Å². The minimum absolute atomic E-state index is 0. The molecule has 0 saturated heterocycles. The second kappa shape index (κ2) is 4.53. The van der Waals surface area contributed by atoms with E-state index in [1.165, 1.54) is 43.1 Å². The van der Waals surface area contributed by atoms with E-state index in [-0.39, 0.29) is 20.4 Å². The number of fused-ring (bicyclic) bond motifs is 2. The molecule has 0 amide bonds. The van der Waals surface area contributed by atoms with Crippen LogP contribution in [0.3, 0.4) is 0 Å². The second-order valence-corrected chi connectivity index (χ2v) is 5.42. The van der Waals surface area contributed by atoms with Crippen LogP contribution in [0.2, 0.25) is 0 Å². The average molecular weight is 359 g/mol. The van der Waals surface area contributed by atoms with E-state index in [0.717, 1.165) is 0 Å². The zero-order valence-electron chi connectivity index (χ0n) is 11.2. The van der Waals surface area contributed by atoms with Crippen molar-refractivity contribution < 1.29 is 20.4 Å². The van der Waals surface area contributed by atoms with Gasteiger partial charge in [0, 0.05) is 20.4 Å². The van der Waals surface area contributed by atoms with E-state index < -0.39 is 0 Å². The van der Waals surface area contributed by atoms with Crippen molar-refractivity contribution in [1.29, 1.82) is 0 Å². The number of benzene rings is 5. The molecular formula is C20H12Pd. The maximum absolute atomic E-state index is 2.25. The van der Waals surface area contributed by atoms with Gasteiger partial charge in [0.1, 0.15) is 0 Å². The van der Waals surface area contributed by atoms with Crippen molar-refractivity contribution in [3.05, 3.63) is 72.8 Å². The molecule has 0 fully saturated rings. The summed E-state index contributed by atoms with van der Waals surface area (Å²) in [6, 6.07) is 26.4. The van der Waals surface area contributed by atoms with E-state index in [4.69, 9.17) is 0 Å². The van der Waals surface area contributed by atoms with E-state index in [9.17, 15) is 0 Å². The molecule has 0 atom stereocenters. The Kier molecular flexibility index (Phi) is 2.76. The first-order chi connectivity index (χ1) is 9.93. The summed E-state index contributed by atoms with van der Waals surface area (Å²) in [7, 11) is 0. The predicted molar refractivity (Wildman–Crippen MR) is 87.7 cm³/mol. The zero-order chi connectivity index (χ0) is 13.1. The summed E-state index contributed by atoms with van der Waals surface area (Å²) < 4.78 is 0. The summed E-state index contributed by atoms with van der Waals surface area (Å²) in [6.07, 6.45) is 0. The van der Waals surface area contributed by atoms with Gasteiger partial charge < -0.3 is 0 Å². The minimum atomic E-state index is 0. The SMILES string of the molecule is [Pd].c1cc2cccc3c4cccc5cccc(c(c1)c23)c54. The van der Waals surface area contributed by atoms with Crippen molar-refractivity contribution in [1.82, 2.24) is 0 Å². The number of rotatable bonds is 0. The Morgan fingerprint density at radius 1 is 0.381 bits per heavy atom. The Morgan fingerprint density at radius 3 is 0.952 bits per heavy atom.